The molecular formula is C16H25ClN2O2. The molecule has 1 aliphatic carbocycles. The van der Waals surface area contributed by atoms with Gasteiger partial charge in [0.1, 0.15) is 5.69 Å². The van der Waals surface area contributed by atoms with Crippen LogP contribution in [0.2, 0.25) is 5.02 Å². The molecule has 1 heterocycles. The Labute approximate surface area is 131 Å². The summed E-state index contributed by atoms with van der Waals surface area (Å²) in [6.45, 7) is 6.18. The van der Waals surface area contributed by atoms with Crippen LogP contribution in [0.4, 0.5) is 0 Å². The maximum atomic E-state index is 12.6. The zero-order valence-electron chi connectivity index (χ0n) is 13.0. The van der Waals surface area contributed by atoms with Crippen LogP contribution in [0.5, 0.6) is 0 Å². The van der Waals surface area contributed by atoms with Crippen LogP contribution in [0.25, 0.3) is 0 Å². The number of nitrogens with one attached hydrogen (secondary N) is 1. The maximum Gasteiger partial charge on any atom is 0.268 e. The molecule has 0 aliphatic heterocycles. The molecule has 1 aromatic rings. The summed E-state index contributed by atoms with van der Waals surface area (Å²) in [5.41, 5.74) is 0.0638. The molecule has 5 heteroatoms. The molecule has 1 aliphatic rings. The summed E-state index contributed by atoms with van der Waals surface area (Å²) in [5.74, 6) is 0.366. The smallest absolute Gasteiger partial charge is 0.268 e. The number of aromatic nitrogens is 1. The lowest BCUT2D eigenvalue weighted by Gasteiger charge is -2.39. The van der Waals surface area contributed by atoms with Crippen molar-refractivity contribution in [3.8, 4) is 0 Å². The predicted molar refractivity (Wildman–Crippen MR) is 84.7 cm³/mol. The van der Waals surface area contributed by atoms with E-state index in [4.69, 9.17) is 11.6 Å². The summed E-state index contributed by atoms with van der Waals surface area (Å²) in [7, 11) is 0. The van der Waals surface area contributed by atoms with Gasteiger partial charge in [0.25, 0.3) is 5.91 Å². The van der Waals surface area contributed by atoms with Crippen molar-refractivity contribution in [3.05, 3.63) is 23.0 Å². The van der Waals surface area contributed by atoms with Crippen molar-refractivity contribution < 1.29 is 9.90 Å². The number of halogens is 1. The highest BCUT2D eigenvalue weighted by atomic mass is 35.5. The van der Waals surface area contributed by atoms with E-state index in [0.717, 1.165) is 25.7 Å². The van der Waals surface area contributed by atoms with Gasteiger partial charge in [0, 0.05) is 12.2 Å². The average molecular weight is 313 g/mol. The standard InChI is InChI=1S/C16H25ClN2O2/c1-11(2)19-9-13(17)7-14(19)15(21)18-16(10-20)6-4-5-12(3)8-16/h7,9,11-12,20H,4-6,8,10H2,1-3H3,(H,18,21). The van der Waals surface area contributed by atoms with E-state index in [0.29, 0.717) is 16.6 Å². The van der Waals surface area contributed by atoms with Crippen LogP contribution in [-0.4, -0.2) is 27.7 Å². The number of amides is 1. The summed E-state index contributed by atoms with van der Waals surface area (Å²) in [4.78, 5) is 12.6. The fraction of sp³-hybridized carbons (Fsp3) is 0.688. The number of hydrogen-bond acceptors (Lipinski definition) is 2. The second kappa shape index (κ2) is 6.41. The van der Waals surface area contributed by atoms with Gasteiger partial charge in [-0.05, 0) is 38.7 Å². The predicted octanol–water partition coefficient (Wildman–Crippen LogP) is 3.39. The minimum atomic E-state index is -0.493. The summed E-state index contributed by atoms with van der Waals surface area (Å²) in [6, 6.07) is 1.85. The first kappa shape index (κ1) is 16.4. The molecule has 0 radical (unpaired) electrons. The van der Waals surface area contributed by atoms with Gasteiger partial charge in [0.05, 0.1) is 17.2 Å². The first-order chi connectivity index (χ1) is 9.87. The Morgan fingerprint density at radius 3 is 2.90 bits per heavy atom. The van der Waals surface area contributed by atoms with Gasteiger partial charge in [-0.2, -0.15) is 0 Å². The molecule has 4 nitrogen and oxygen atoms in total. The van der Waals surface area contributed by atoms with Gasteiger partial charge in [-0.3, -0.25) is 4.79 Å². The molecule has 1 saturated carbocycles. The van der Waals surface area contributed by atoms with E-state index in [-0.39, 0.29) is 18.6 Å². The lowest BCUT2D eigenvalue weighted by Crippen LogP contribution is -2.54. The largest absolute Gasteiger partial charge is 0.394 e. The van der Waals surface area contributed by atoms with Gasteiger partial charge < -0.3 is 15.0 Å². The topological polar surface area (TPSA) is 54.3 Å². The molecule has 0 bridgehead atoms. The first-order valence-electron chi connectivity index (χ1n) is 7.67. The van der Waals surface area contributed by atoms with Crippen molar-refractivity contribution in [1.29, 1.82) is 0 Å². The third kappa shape index (κ3) is 3.61. The van der Waals surface area contributed by atoms with Crippen LogP contribution >= 0.6 is 11.6 Å². The Hall–Kier alpha value is -1.00. The Morgan fingerprint density at radius 1 is 1.62 bits per heavy atom. The van der Waals surface area contributed by atoms with Gasteiger partial charge in [-0.25, -0.2) is 0 Å². The summed E-state index contributed by atoms with van der Waals surface area (Å²) in [5, 5.41) is 13.4. The molecule has 21 heavy (non-hydrogen) atoms. The first-order valence-corrected chi connectivity index (χ1v) is 8.05. The van der Waals surface area contributed by atoms with Gasteiger partial charge in [0.15, 0.2) is 0 Å². The van der Waals surface area contributed by atoms with E-state index in [2.05, 4.69) is 12.2 Å². The van der Waals surface area contributed by atoms with Gasteiger partial charge >= 0.3 is 0 Å². The lowest BCUT2D eigenvalue weighted by molar-refractivity contribution is 0.0688. The number of hydrogen-bond donors (Lipinski definition) is 2. The Balaban J connectivity index is 2.20. The molecule has 0 aromatic carbocycles. The van der Waals surface area contributed by atoms with Crippen LogP contribution in [0.1, 0.15) is 63.0 Å². The third-order valence-electron chi connectivity index (χ3n) is 4.38. The highest BCUT2D eigenvalue weighted by molar-refractivity contribution is 6.31. The van der Waals surface area contributed by atoms with Gasteiger partial charge in [-0.15, -0.1) is 0 Å². The van der Waals surface area contributed by atoms with E-state index >= 15 is 0 Å². The molecule has 118 valence electrons. The van der Waals surface area contributed by atoms with E-state index in [1.807, 2.05) is 18.4 Å². The fourth-order valence-electron chi connectivity index (χ4n) is 3.32. The van der Waals surface area contributed by atoms with Crippen LogP contribution < -0.4 is 5.32 Å². The third-order valence-corrected chi connectivity index (χ3v) is 4.58. The number of nitrogens with zero attached hydrogens (tertiary/aromatic N) is 1. The van der Waals surface area contributed by atoms with Crippen LogP contribution in [0.15, 0.2) is 12.3 Å². The van der Waals surface area contributed by atoms with E-state index < -0.39 is 5.54 Å². The number of rotatable bonds is 4. The number of carbonyl (C=O) groups excluding carboxylic acids is 1. The lowest BCUT2D eigenvalue weighted by atomic mass is 9.77. The quantitative estimate of drug-likeness (QED) is 0.895. The average Bonchev–Trinajstić information content (AvgIpc) is 2.81. The zero-order chi connectivity index (χ0) is 15.6. The number of aliphatic hydroxyl groups excluding tert-OH is 1. The molecule has 2 unspecified atom stereocenters. The molecule has 2 N–H and O–H groups in total. The SMILES string of the molecule is CC1CCCC(CO)(NC(=O)c2cc(Cl)cn2C(C)C)C1. The monoisotopic (exact) mass is 312 g/mol. The molecule has 1 amide bonds. The van der Waals surface area contributed by atoms with Crippen molar-refractivity contribution in [1.82, 2.24) is 9.88 Å². The van der Waals surface area contributed by atoms with E-state index in [1.165, 1.54) is 0 Å². The number of aliphatic hydroxyl groups is 1. The molecule has 1 aromatic heterocycles. The second-order valence-corrected chi connectivity index (χ2v) is 7.08. The Morgan fingerprint density at radius 2 is 2.33 bits per heavy atom. The van der Waals surface area contributed by atoms with Gasteiger partial charge in [-0.1, -0.05) is 31.4 Å². The molecule has 1 fully saturated rings. The van der Waals surface area contributed by atoms with Crippen molar-refractivity contribution >= 4 is 17.5 Å². The number of carbonyl (C=O) groups is 1. The minimum absolute atomic E-state index is 0.0147. The van der Waals surface area contributed by atoms with E-state index in [9.17, 15) is 9.90 Å². The summed E-state index contributed by atoms with van der Waals surface area (Å²) < 4.78 is 1.87. The Kier molecular flexibility index (Phi) is 4.99. The minimum Gasteiger partial charge on any atom is -0.394 e. The van der Waals surface area contributed by atoms with Crippen molar-refractivity contribution in [2.24, 2.45) is 5.92 Å². The normalized spacial score (nSPS) is 26.1. The Bertz CT molecular complexity index is 512. The second-order valence-electron chi connectivity index (χ2n) is 6.64. The van der Waals surface area contributed by atoms with Crippen molar-refractivity contribution in [3.63, 3.8) is 0 Å². The molecule has 2 atom stereocenters. The molecule has 2 rings (SSSR count). The van der Waals surface area contributed by atoms with Crippen LogP contribution in [0, 0.1) is 5.92 Å². The zero-order valence-corrected chi connectivity index (χ0v) is 13.8. The molecule has 0 spiro atoms. The molecule has 0 saturated heterocycles. The van der Waals surface area contributed by atoms with E-state index in [1.54, 1.807) is 12.3 Å². The van der Waals surface area contributed by atoms with Crippen LogP contribution in [-0.2, 0) is 0 Å². The highest BCUT2D eigenvalue weighted by Gasteiger charge is 2.36. The highest BCUT2D eigenvalue weighted by Crippen LogP contribution is 2.32. The maximum absolute atomic E-state index is 12.6. The van der Waals surface area contributed by atoms with Crippen LogP contribution in [0.3, 0.4) is 0 Å². The van der Waals surface area contributed by atoms with Crippen molar-refractivity contribution in [2.45, 2.75) is 58.0 Å². The van der Waals surface area contributed by atoms with Gasteiger partial charge in [0.2, 0.25) is 0 Å². The van der Waals surface area contributed by atoms with Crippen molar-refractivity contribution in [2.75, 3.05) is 6.61 Å². The molecular weight excluding hydrogens is 288 g/mol. The summed E-state index contributed by atoms with van der Waals surface area (Å²) >= 11 is 6.04. The summed E-state index contributed by atoms with van der Waals surface area (Å²) in [6.07, 6.45) is 5.62. The fourth-order valence-corrected chi connectivity index (χ4v) is 3.52.